The van der Waals surface area contributed by atoms with E-state index >= 15 is 0 Å². The summed E-state index contributed by atoms with van der Waals surface area (Å²) in [6, 6.07) is 3.38. The van der Waals surface area contributed by atoms with Gasteiger partial charge in [-0.15, -0.1) is 0 Å². The summed E-state index contributed by atoms with van der Waals surface area (Å²) in [6.45, 7) is 3.88. The Labute approximate surface area is 111 Å². The van der Waals surface area contributed by atoms with Gasteiger partial charge in [-0.25, -0.2) is 9.37 Å². The Balaban J connectivity index is 2.07. The maximum atomic E-state index is 13.7. The molecule has 0 bridgehead atoms. The lowest BCUT2D eigenvalue weighted by Gasteiger charge is -2.36. The second-order valence-electron chi connectivity index (χ2n) is 5.33. The summed E-state index contributed by atoms with van der Waals surface area (Å²) >= 11 is 0. The number of rotatable bonds is 1. The number of hydrogen-bond donors (Lipinski definition) is 1. The number of fused-ring (bicyclic) bond motifs is 1. The zero-order chi connectivity index (χ0) is 13.4. The lowest BCUT2D eigenvalue weighted by Crippen LogP contribution is -2.46. The van der Waals surface area contributed by atoms with Crippen LogP contribution in [0, 0.1) is 11.7 Å². The number of nitrogens with zero attached hydrogens (tertiary/aromatic N) is 3. The molecule has 3 rings (SSSR count). The predicted octanol–water partition coefficient (Wildman–Crippen LogP) is 1.94. The van der Waals surface area contributed by atoms with Gasteiger partial charge in [0, 0.05) is 31.5 Å². The number of nitrogens with two attached hydrogens (primary N) is 1. The van der Waals surface area contributed by atoms with Gasteiger partial charge < -0.3 is 10.6 Å². The van der Waals surface area contributed by atoms with Crippen LogP contribution in [-0.4, -0.2) is 29.1 Å². The van der Waals surface area contributed by atoms with Gasteiger partial charge >= 0.3 is 0 Å². The van der Waals surface area contributed by atoms with E-state index in [1.165, 1.54) is 12.3 Å². The van der Waals surface area contributed by atoms with Crippen molar-refractivity contribution in [2.24, 2.45) is 11.7 Å². The van der Waals surface area contributed by atoms with Gasteiger partial charge in [-0.05, 0) is 24.5 Å². The Morgan fingerprint density at radius 1 is 1.21 bits per heavy atom. The molecule has 1 aromatic carbocycles. The van der Waals surface area contributed by atoms with Crippen molar-refractivity contribution in [2.75, 3.05) is 18.0 Å². The third-order valence-electron chi connectivity index (χ3n) is 3.59. The molecule has 4 nitrogen and oxygen atoms in total. The highest BCUT2D eigenvalue weighted by molar-refractivity contribution is 5.88. The number of aromatic nitrogens is 2. The minimum atomic E-state index is -0.332. The van der Waals surface area contributed by atoms with E-state index in [1.54, 1.807) is 12.3 Å². The number of benzene rings is 1. The maximum Gasteiger partial charge on any atom is 0.151 e. The molecule has 0 saturated carbocycles. The van der Waals surface area contributed by atoms with Gasteiger partial charge in [0.2, 0.25) is 0 Å². The van der Waals surface area contributed by atoms with E-state index in [1.807, 2.05) is 0 Å². The van der Waals surface area contributed by atoms with E-state index in [-0.39, 0.29) is 11.9 Å². The van der Waals surface area contributed by atoms with E-state index in [0.29, 0.717) is 17.0 Å². The summed E-state index contributed by atoms with van der Waals surface area (Å²) < 4.78 is 13.7. The third kappa shape index (κ3) is 2.26. The van der Waals surface area contributed by atoms with Crippen LogP contribution in [0.1, 0.15) is 13.3 Å². The number of anilines is 1. The molecule has 0 spiro atoms. The molecule has 19 heavy (non-hydrogen) atoms. The number of hydrogen-bond acceptors (Lipinski definition) is 4. The molecule has 0 radical (unpaired) electrons. The fraction of sp³-hybridized carbons (Fsp3) is 0.429. The largest absolute Gasteiger partial charge is 0.368 e. The van der Waals surface area contributed by atoms with Crippen molar-refractivity contribution in [1.82, 2.24) is 9.97 Å². The van der Waals surface area contributed by atoms with Crippen LogP contribution >= 0.6 is 0 Å². The summed E-state index contributed by atoms with van der Waals surface area (Å²) in [5, 5.41) is 0. The molecule has 100 valence electrons. The van der Waals surface area contributed by atoms with Gasteiger partial charge in [0.1, 0.15) is 11.0 Å². The van der Waals surface area contributed by atoms with Crippen molar-refractivity contribution in [2.45, 2.75) is 19.4 Å². The van der Waals surface area contributed by atoms with Crippen molar-refractivity contribution in [3.8, 4) is 0 Å². The zero-order valence-electron chi connectivity index (χ0n) is 10.9. The van der Waals surface area contributed by atoms with Crippen LogP contribution in [0.5, 0.6) is 0 Å². The van der Waals surface area contributed by atoms with Crippen LogP contribution in [-0.2, 0) is 0 Å². The molecule has 1 saturated heterocycles. The predicted molar refractivity (Wildman–Crippen MR) is 73.5 cm³/mol. The summed E-state index contributed by atoms with van der Waals surface area (Å²) in [4.78, 5) is 10.6. The van der Waals surface area contributed by atoms with Crippen molar-refractivity contribution >= 4 is 16.7 Å². The quantitative estimate of drug-likeness (QED) is 0.851. The molecule has 2 unspecified atom stereocenters. The van der Waals surface area contributed by atoms with E-state index in [4.69, 9.17) is 5.73 Å². The Morgan fingerprint density at radius 3 is 2.68 bits per heavy atom. The summed E-state index contributed by atoms with van der Waals surface area (Å²) in [5.74, 6) is 0.196. The highest BCUT2D eigenvalue weighted by Crippen LogP contribution is 2.29. The van der Waals surface area contributed by atoms with Gasteiger partial charge in [0.25, 0.3) is 0 Å². The molecule has 2 heterocycles. The molecule has 1 aromatic heterocycles. The van der Waals surface area contributed by atoms with E-state index < -0.39 is 0 Å². The highest BCUT2D eigenvalue weighted by atomic mass is 19.1. The fourth-order valence-corrected chi connectivity index (χ4v) is 2.86. The average Bonchev–Trinajstić information content (AvgIpc) is 2.38. The molecule has 1 aliphatic heterocycles. The van der Waals surface area contributed by atoms with Gasteiger partial charge in [-0.1, -0.05) is 6.92 Å². The molecule has 1 aliphatic rings. The topological polar surface area (TPSA) is 55.0 Å². The maximum absolute atomic E-state index is 13.7. The van der Waals surface area contributed by atoms with Crippen molar-refractivity contribution in [3.05, 3.63) is 30.3 Å². The summed E-state index contributed by atoms with van der Waals surface area (Å²) in [5.41, 5.74) is 7.94. The molecule has 0 aliphatic carbocycles. The smallest absolute Gasteiger partial charge is 0.151 e. The molecule has 2 atom stereocenters. The minimum absolute atomic E-state index is 0.153. The molecule has 2 N–H and O–H groups in total. The third-order valence-corrected chi connectivity index (χ3v) is 3.59. The first-order chi connectivity index (χ1) is 9.15. The van der Waals surface area contributed by atoms with Gasteiger partial charge in [0.05, 0.1) is 5.69 Å². The summed E-state index contributed by atoms with van der Waals surface area (Å²) in [7, 11) is 0. The SMILES string of the molecule is CC1CC(N)CN(c2ccc(F)c3nccnc23)C1. The normalized spacial score (nSPS) is 23.8. The average molecular weight is 260 g/mol. The van der Waals surface area contributed by atoms with Crippen LogP contribution in [0.15, 0.2) is 24.5 Å². The van der Waals surface area contributed by atoms with Crippen LogP contribution < -0.4 is 10.6 Å². The van der Waals surface area contributed by atoms with Crippen molar-refractivity contribution in [1.29, 1.82) is 0 Å². The lowest BCUT2D eigenvalue weighted by molar-refractivity contribution is 0.402. The molecule has 5 heteroatoms. The first-order valence-corrected chi connectivity index (χ1v) is 6.55. The lowest BCUT2D eigenvalue weighted by atomic mass is 9.96. The minimum Gasteiger partial charge on any atom is -0.368 e. The first-order valence-electron chi connectivity index (χ1n) is 6.55. The Hall–Kier alpha value is -1.75. The van der Waals surface area contributed by atoms with E-state index in [2.05, 4.69) is 21.8 Å². The van der Waals surface area contributed by atoms with E-state index in [9.17, 15) is 4.39 Å². The van der Waals surface area contributed by atoms with Gasteiger partial charge in [0.15, 0.2) is 5.82 Å². The van der Waals surface area contributed by atoms with E-state index in [0.717, 1.165) is 25.2 Å². The monoisotopic (exact) mass is 260 g/mol. The second kappa shape index (κ2) is 4.74. The van der Waals surface area contributed by atoms with Crippen LogP contribution in [0.2, 0.25) is 0 Å². The van der Waals surface area contributed by atoms with Gasteiger partial charge in [-0.2, -0.15) is 0 Å². The number of halogens is 1. The standard InChI is InChI=1S/C14H17FN4/c1-9-6-10(16)8-19(7-9)12-3-2-11(15)13-14(12)18-5-4-17-13/h2-5,9-10H,6-8,16H2,1H3. The molecule has 2 aromatic rings. The van der Waals surface area contributed by atoms with Crippen LogP contribution in [0.4, 0.5) is 10.1 Å². The van der Waals surface area contributed by atoms with Crippen molar-refractivity contribution in [3.63, 3.8) is 0 Å². The molecule has 0 amide bonds. The second-order valence-corrected chi connectivity index (χ2v) is 5.33. The van der Waals surface area contributed by atoms with Crippen LogP contribution in [0.3, 0.4) is 0 Å². The highest BCUT2D eigenvalue weighted by Gasteiger charge is 2.24. The zero-order valence-corrected chi connectivity index (χ0v) is 10.9. The first kappa shape index (κ1) is 12.3. The Morgan fingerprint density at radius 2 is 1.95 bits per heavy atom. The number of piperidine rings is 1. The summed E-state index contributed by atoms with van der Waals surface area (Å²) in [6.07, 6.45) is 4.14. The van der Waals surface area contributed by atoms with Gasteiger partial charge in [-0.3, -0.25) is 4.98 Å². The Bertz CT molecular complexity index is 591. The van der Waals surface area contributed by atoms with Crippen LogP contribution in [0.25, 0.3) is 11.0 Å². The molecule has 1 fully saturated rings. The van der Waals surface area contributed by atoms with Crippen molar-refractivity contribution < 1.29 is 4.39 Å². The fourth-order valence-electron chi connectivity index (χ4n) is 2.86. The molecular formula is C14H17FN4. The Kier molecular flexibility index (Phi) is 3.06. The molecular weight excluding hydrogens is 243 g/mol.